The number of nitrogens with zero attached hydrogens (tertiary/aromatic N) is 2. The molecule has 1 aromatic heterocycles. The Kier molecular flexibility index (Phi) is 3.65. The minimum absolute atomic E-state index is 0.00382. The Labute approximate surface area is 130 Å². The number of carbonyl (C=O) groups excluding carboxylic acids is 1. The molecule has 0 atom stereocenters. The summed E-state index contributed by atoms with van der Waals surface area (Å²) in [5, 5.41) is 10.4. The molecule has 2 aromatic rings. The van der Waals surface area contributed by atoms with Crippen molar-refractivity contribution in [2.24, 2.45) is 0 Å². The van der Waals surface area contributed by atoms with Gasteiger partial charge in [0.2, 0.25) is 0 Å². The summed E-state index contributed by atoms with van der Waals surface area (Å²) >= 11 is 1.37. The smallest absolute Gasteiger partial charge is 0.352 e. The first-order valence-electron chi connectivity index (χ1n) is 7.04. The van der Waals surface area contributed by atoms with Crippen LogP contribution in [0.25, 0.3) is 10.2 Å². The molecule has 0 radical (unpaired) electrons. The van der Waals surface area contributed by atoms with E-state index in [-0.39, 0.29) is 19.4 Å². The van der Waals surface area contributed by atoms with Gasteiger partial charge in [0.25, 0.3) is 5.91 Å². The van der Waals surface area contributed by atoms with Crippen molar-refractivity contribution in [3.8, 4) is 0 Å². The van der Waals surface area contributed by atoms with Gasteiger partial charge in [0.1, 0.15) is 10.6 Å². The maximum Gasteiger partial charge on any atom is 0.352 e. The van der Waals surface area contributed by atoms with Crippen LogP contribution >= 0.6 is 11.3 Å². The fourth-order valence-corrected chi connectivity index (χ4v) is 3.55. The van der Waals surface area contributed by atoms with E-state index in [1.54, 1.807) is 0 Å². The largest absolute Gasteiger partial charge is 0.383 e. The van der Waals surface area contributed by atoms with Crippen LogP contribution in [0.1, 0.15) is 24.3 Å². The van der Waals surface area contributed by atoms with E-state index in [0.717, 1.165) is 15.1 Å². The van der Waals surface area contributed by atoms with E-state index < -0.39 is 17.4 Å². The van der Waals surface area contributed by atoms with Gasteiger partial charge in [-0.05, 0) is 31.4 Å². The van der Waals surface area contributed by atoms with Gasteiger partial charge in [-0.1, -0.05) is 12.1 Å². The minimum Gasteiger partial charge on any atom is -0.383 e. The molecule has 1 heterocycles. The van der Waals surface area contributed by atoms with Crippen molar-refractivity contribution in [3.63, 3.8) is 0 Å². The first kappa shape index (κ1) is 15.3. The summed E-state index contributed by atoms with van der Waals surface area (Å²) in [5.41, 5.74) is -1.40. The summed E-state index contributed by atoms with van der Waals surface area (Å²) in [6, 6.07) is 7.45. The molecule has 4 nitrogen and oxygen atoms in total. The summed E-state index contributed by atoms with van der Waals surface area (Å²) < 4.78 is 29.2. The van der Waals surface area contributed by atoms with E-state index in [4.69, 9.17) is 0 Å². The van der Waals surface area contributed by atoms with Gasteiger partial charge < -0.3 is 10.0 Å². The molecule has 3 rings (SSSR count). The summed E-state index contributed by atoms with van der Waals surface area (Å²) in [4.78, 5) is 17.3. The van der Waals surface area contributed by atoms with Gasteiger partial charge in [-0.25, -0.2) is 4.98 Å². The quantitative estimate of drug-likeness (QED) is 0.940. The van der Waals surface area contributed by atoms with Crippen LogP contribution in [0.15, 0.2) is 24.3 Å². The minimum atomic E-state index is -3.75. The standard InChI is InChI=1S/C15H16F2N2O2S/c1-19(13(20)15(16,17)14(21)7-4-8-14)9-12-18-10-5-2-3-6-11(10)22-12/h2-3,5-6,21H,4,7-9H2,1H3. The number of carbonyl (C=O) groups is 1. The number of alkyl halides is 2. The summed E-state index contributed by atoms with van der Waals surface area (Å²) in [5.74, 6) is -5.11. The van der Waals surface area contributed by atoms with Gasteiger partial charge in [0, 0.05) is 7.05 Å². The lowest BCUT2D eigenvalue weighted by Crippen LogP contribution is -2.60. The number of benzene rings is 1. The van der Waals surface area contributed by atoms with Crippen LogP contribution in [0, 0.1) is 0 Å². The Balaban J connectivity index is 1.76. The molecule has 0 unspecified atom stereocenters. The van der Waals surface area contributed by atoms with Gasteiger partial charge in [-0.3, -0.25) is 4.79 Å². The number of fused-ring (bicyclic) bond motifs is 1. The average Bonchev–Trinajstić information content (AvgIpc) is 2.85. The van der Waals surface area contributed by atoms with Gasteiger partial charge in [0.15, 0.2) is 0 Å². The van der Waals surface area contributed by atoms with E-state index in [9.17, 15) is 18.7 Å². The molecular formula is C15H16F2N2O2S. The highest BCUT2D eigenvalue weighted by Crippen LogP contribution is 2.45. The van der Waals surface area contributed by atoms with Crippen LogP contribution in [0.4, 0.5) is 8.78 Å². The van der Waals surface area contributed by atoms with Gasteiger partial charge >= 0.3 is 5.92 Å². The number of para-hydroxylation sites is 1. The third-order valence-corrected chi connectivity index (χ3v) is 5.11. The highest BCUT2D eigenvalue weighted by molar-refractivity contribution is 7.18. The van der Waals surface area contributed by atoms with Crippen LogP contribution in [0.2, 0.25) is 0 Å². The van der Waals surface area contributed by atoms with Crippen molar-refractivity contribution in [2.75, 3.05) is 7.05 Å². The lowest BCUT2D eigenvalue weighted by atomic mass is 9.75. The Bertz CT molecular complexity index is 679. The molecule has 1 amide bonds. The van der Waals surface area contributed by atoms with E-state index in [1.165, 1.54) is 18.4 Å². The van der Waals surface area contributed by atoms with Crippen molar-refractivity contribution in [2.45, 2.75) is 37.3 Å². The SMILES string of the molecule is CN(Cc1nc2ccccc2s1)C(=O)C(F)(F)C1(O)CCC1. The van der Waals surface area contributed by atoms with Crippen molar-refractivity contribution in [1.29, 1.82) is 0 Å². The normalized spacial score (nSPS) is 17.3. The molecule has 22 heavy (non-hydrogen) atoms. The summed E-state index contributed by atoms with van der Waals surface area (Å²) in [6.07, 6.45) is 0.433. The zero-order valence-electron chi connectivity index (χ0n) is 12.1. The Hall–Kier alpha value is -1.60. The topological polar surface area (TPSA) is 53.4 Å². The van der Waals surface area contributed by atoms with Crippen LogP contribution < -0.4 is 0 Å². The van der Waals surface area contributed by atoms with Crippen LogP contribution in [-0.2, 0) is 11.3 Å². The predicted molar refractivity (Wildman–Crippen MR) is 79.8 cm³/mol. The maximum absolute atomic E-state index is 14.1. The zero-order valence-corrected chi connectivity index (χ0v) is 12.9. The monoisotopic (exact) mass is 326 g/mol. The Morgan fingerprint density at radius 3 is 2.73 bits per heavy atom. The zero-order chi connectivity index (χ0) is 16.0. The molecular weight excluding hydrogens is 310 g/mol. The fraction of sp³-hybridized carbons (Fsp3) is 0.467. The maximum atomic E-state index is 14.1. The molecule has 1 aromatic carbocycles. The van der Waals surface area contributed by atoms with Crippen molar-refractivity contribution >= 4 is 27.5 Å². The highest BCUT2D eigenvalue weighted by Gasteiger charge is 2.61. The molecule has 0 spiro atoms. The number of thiazole rings is 1. The molecule has 0 saturated heterocycles. The number of aliphatic hydroxyl groups is 1. The highest BCUT2D eigenvalue weighted by atomic mass is 32.1. The molecule has 1 N–H and O–H groups in total. The third kappa shape index (κ3) is 2.38. The van der Waals surface area contributed by atoms with E-state index in [0.29, 0.717) is 11.4 Å². The number of hydrogen-bond donors (Lipinski definition) is 1. The van der Waals surface area contributed by atoms with E-state index >= 15 is 0 Å². The molecule has 118 valence electrons. The number of amides is 1. The first-order valence-corrected chi connectivity index (χ1v) is 7.85. The molecule has 0 aliphatic heterocycles. The van der Waals surface area contributed by atoms with E-state index in [1.807, 2.05) is 24.3 Å². The van der Waals surface area contributed by atoms with Gasteiger partial charge in [-0.2, -0.15) is 8.78 Å². The second-order valence-electron chi connectivity index (χ2n) is 5.70. The molecule has 0 bridgehead atoms. The van der Waals surface area contributed by atoms with Gasteiger partial charge in [0.05, 0.1) is 16.8 Å². The van der Waals surface area contributed by atoms with Crippen molar-refractivity contribution in [1.82, 2.24) is 9.88 Å². The molecule has 7 heteroatoms. The van der Waals surface area contributed by atoms with E-state index in [2.05, 4.69) is 4.98 Å². The number of rotatable bonds is 4. The molecule has 1 fully saturated rings. The average molecular weight is 326 g/mol. The van der Waals surface area contributed by atoms with Crippen LogP contribution in [0.5, 0.6) is 0 Å². The lowest BCUT2D eigenvalue weighted by Gasteiger charge is -2.42. The molecule has 1 aliphatic carbocycles. The van der Waals surface area contributed by atoms with Crippen molar-refractivity contribution < 1.29 is 18.7 Å². The van der Waals surface area contributed by atoms with Crippen LogP contribution in [0.3, 0.4) is 0 Å². The van der Waals surface area contributed by atoms with Gasteiger partial charge in [-0.15, -0.1) is 11.3 Å². The molecule has 1 saturated carbocycles. The lowest BCUT2D eigenvalue weighted by molar-refractivity contribution is -0.223. The molecule has 1 aliphatic rings. The van der Waals surface area contributed by atoms with Crippen LogP contribution in [-0.4, -0.2) is 39.5 Å². The summed E-state index contributed by atoms with van der Waals surface area (Å²) in [6.45, 7) is 0.00382. The number of halogens is 2. The first-order chi connectivity index (χ1) is 10.3. The Morgan fingerprint density at radius 2 is 2.14 bits per heavy atom. The second kappa shape index (κ2) is 5.24. The number of aromatic nitrogens is 1. The third-order valence-electron chi connectivity index (χ3n) is 4.09. The number of hydrogen-bond acceptors (Lipinski definition) is 4. The van der Waals surface area contributed by atoms with Crippen molar-refractivity contribution in [3.05, 3.63) is 29.3 Å². The summed E-state index contributed by atoms with van der Waals surface area (Å²) in [7, 11) is 1.31. The fourth-order valence-electron chi connectivity index (χ4n) is 2.53. The Morgan fingerprint density at radius 1 is 1.45 bits per heavy atom. The predicted octanol–water partition coefficient (Wildman–Crippen LogP) is 2.81. The second-order valence-corrected chi connectivity index (χ2v) is 6.81.